The SMILES string of the molecule is Nc1ccccc1OCCN1CCCO1. The van der Waals surface area contributed by atoms with Crippen LogP contribution in [0.15, 0.2) is 24.3 Å². The Morgan fingerprint density at radius 3 is 3.00 bits per heavy atom. The molecule has 0 saturated carbocycles. The number of benzene rings is 1. The van der Waals surface area contributed by atoms with Crippen LogP contribution >= 0.6 is 0 Å². The molecule has 0 spiro atoms. The first-order chi connectivity index (χ1) is 7.36. The lowest BCUT2D eigenvalue weighted by Crippen LogP contribution is -2.24. The van der Waals surface area contributed by atoms with Gasteiger partial charge in [-0.25, -0.2) is 0 Å². The Kier molecular flexibility index (Phi) is 3.42. The number of nitrogens with zero attached hydrogens (tertiary/aromatic N) is 1. The molecule has 1 aliphatic heterocycles. The Morgan fingerprint density at radius 1 is 1.40 bits per heavy atom. The molecule has 82 valence electrons. The summed E-state index contributed by atoms with van der Waals surface area (Å²) in [5.41, 5.74) is 6.43. The van der Waals surface area contributed by atoms with Crippen molar-refractivity contribution in [2.24, 2.45) is 0 Å². The molecule has 2 N–H and O–H groups in total. The summed E-state index contributed by atoms with van der Waals surface area (Å²) >= 11 is 0. The van der Waals surface area contributed by atoms with Crippen LogP contribution in [0.2, 0.25) is 0 Å². The van der Waals surface area contributed by atoms with E-state index in [4.69, 9.17) is 15.3 Å². The lowest BCUT2D eigenvalue weighted by molar-refractivity contribution is -0.114. The molecule has 1 aromatic rings. The first kappa shape index (κ1) is 10.3. The number of anilines is 1. The molecule has 1 fully saturated rings. The molecule has 1 aromatic carbocycles. The minimum Gasteiger partial charge on any atom is -0.490 e. The van der Waals surface area contributed by atoms with Crippen LogP contribution < -0.4 is 10.5 Å². The molecular formula is C11H16N2O2. The average molecular weight is 208 g/mol. The third kappa shape index (κ3) is 2.84. The van der Waals surface area contributed by atoms with E-state index in [0.717, 1.165) is 31.9 Å². The van der Waals surface area contributed by atoms with E-state index in [1.54, 1.807) is 0 Å². The van der Waals surface area contributed by atoms with Gasteiger partial charge in [0.25, 0.3) is 0 Å². The first-order valence-electron chi connectivity index (χ1n) is 5.21. The Bertz CT molecular complexity index is 311. The quantitative estimate of drug-likeness (QED) is 0.757. The van der Waals surface area contributed by atoms with Crippen molar-refractivity contribution >= 4 is 5.69 Å². The second-order valence-corrected chi connectivity index (χ2v) is 3.50. The molecule has 1 heterocycles. The molecule has 0 aromatic heterocycles. The lowest BCUT2D eigenvalue weighted by atomic mass is 10.3. The van der Waals surface area contributed by atoms with Crippen LogP contribution in [-0.4, -0.2) is 31.4 Å². The van der Waals surface area contributed by atoms with E-state index in [9.17, 15) is 0 Å². The Labute approximate surface area is 89.5 Å². The molecule has 1 saturated heterocycles. The monoisotopic (exact) mass is 208 g/mol. The van der Waals surface area contributed by atoms with Gasteiger partial charge in [-0.1, -0.05) is 12.1 Å². The Hall–Kier alpha value is -1.26. The predicted octanol–water partition coefficient (Wildman–Crippen LogP) is 1.28. The van der Waals surface area contributed by atoms with E-state index >= 15 is 0 Å². The molecule has 0 atom stereocenters. The maximum absolute atomic E-state index is 5.74. The van der Waals surface area contributed by atoms with Crippen LogP contribution in [0, 0.1) is 0 Å². The molecular weight excluding hydrogens is 192 g/mol. The van der Waals surface area contributed by atoms with Gasteiger partial charge in [-0.2, -0.15) is 5.06 Å². The van der Waals surface area contributed by atoms with E-state index in [1.807, 2.05) is 29.3 Å². The van der Waals surface area contributed by atoms with Gasteiger partial charge in [0.15, 0.2) is 0 Å². The molecule has 4 heteroatoms. The van der Waals surface area contributed by atoms with Gasteiger partial charge in [0.05, 0.1) is 18.8 Å². The highest BCUT2D eigenvalue weighted by atomic mass is 16.7. The molecule has 0 radical (unpaired) electrons. The number of nitrogens with two attached hydrogens (primary N) is 1. The summed E-state index contributed by atoms with van der Waals surface area (Å²) in [6, 6.07) is 7.52. The molecule has 0 aliphatic carbocycles. The van der Waals surface area contributed by atoms with Crippen molar-refractivity contribution in [1.82, 2.24) is 5.06 Å². The van der Waals surface area contributed by atoms with E-state index < -0.39 is 0 Å². The normalized spacial score (nSPS) is 16.8. The van der Waals surface area contributed by atoms with Gasteiger partial charge < -0.3 is 10.5 Å². The minimum absolute atomic E-state index is 0.605. The number of nitrogen functional groups attached to an aromatic ring is 1. The topological polar surface area (TPSA) is 47.7 Å². The Balaban J connectivity index is 1.75. The smallest absolute Gasteiger partial charge is 0.142 e. The summed E-state index contributed by atoms with van der Waals surface area (Å²) in [5.74, 6) is 0.747. The first-order valence-corrected chi connectivity index (χ1v) is 5.21. The third-order valence-corrected chi connectivity index (χ3v) is 2.34. The third-order valence-electron chi connectivity index (χ3n) is 2.34. The van der Waals surface area contributed by atoms with Gasteiger partial charge >= 0.3 is 0 Å². The molecule has 0 amide bonds. The second kappa shape index (κ2) is 5.00. The van der Waals surface area contributed by atoms with E-state index in [0.29, 0.717) is 12.3 Å². The fraction of sp³-hybridized carbons (Fsp3) is 0.455. The van der Waals surface area contributed by atoms with Crippen LogP contribution in [0.1, 0.15) is 6.42 Å². The summed E-state index contributed by atoms with van der Waals surface area (Å²) in [4.78, 5) is 5.34. The maximum atomic E-state index is 5.74. The number of hydroxylamine groups is 2. The maximum Gasteiger partial charge on any atom is 0.142 e. The highest BCUT2D eigenvalue weighted by Crippen LogP contribution is 2.19. The van der Waals surface area contributed by atoms with Crippen molar-refractivity contribution in [2.45, 2.75) is 6.42 Å². The summed E-state index contributed by atoms with van der Waals surface area (Å²) in [5, 5.41) is 1.93. The standard InChI is InChI=1S/C11H16N2O2/c12-10-4-1-2-5-11(10)14-9-7-13-6-3-8-15-13/h1-2,4-5H,3,6-9,12H2. The molecule has 4 nitrogen and oxygen atoms in total. The number of para-hydroxylation sites is 2. The van der Waals surface area contributed by atoms with Gasteiger partial charge in [-0.3, -0.25) is 4.84 Å². The van der Waals surface area contributed by atoms with E-state index in [2.05, 4.69) is 0 Å². The molecule has 2 rings (SSSR count). The number of ether oxygens (including phenoxy) is 1. The van der Waals surface area contributed by atoms with Crippen molar-refractivity contribution in [2.75, 3.05) is 32.0 Å². The number of hydrogen-bond acceptors (Lipinski definition) is 4. The van der Waals surface area contributed by atoms with Crippen LogP contribution in [-0.2, 0) is 4.84 Å². The van der Waals surface area contributed by atoms with Gasteiger partial charge in [-0.05, 0) is 18.6 Å². The van der Waals surface area contributed by atoms with Gasteiger partial charge in [0.2, 0.25) is 0 Å². The highest BCUT2D eigenvalue weighted by molar-refractivity contribution is 5.51. The molecule has 0 unspecified atom stereocenters. The van der Waals surface area contributed by atoms with Crippen LogP contribution in [0.4, 0.5) is 5.69 Å². The van der Waals surface area contributed by atoms with Crippen molar-refractivity contribution < 1.29 is 9.57 Å². The summed E-state index contributed by atoms with van der Waals surface area (Å²) < 4.78 is 5.55. The Morgan fingerprint density at radius 2 is 2.27 bits per heavy atom. The zero-order valence-corrected chi connectivity index (χ0v) is 8.69. The molecule has 15 heavy (non-hydrogen) atoms. The molecule has 0 bridgehead atoms. The fourth-order valence-corrected chi connectivity index (χ4v) is 1.54. The molecule has 1 aliphatic rings. The zero-order valence-electron chi connectivity index (χ0n) is 8.69. The van der Waals surface area contributed by atoms with Crippen molar-refractivity contribution in [3.63, 3.8) is 0 Å². The summed E-state index contributed by atoms with van der Waals surface area (Å²) in [6.45, 7) is 3.21. The largest absolute Gasteiger partial charge is 0.490 e. The summed E-state index contributed by atoms with van der Waals surface area (Å²) in [7, 11) is 0. The second-order valence-electron chi connectivity index (χ2n) is 3.50. The zero-order chi connectivity index (χ0) is 10.5. The fourth-order valence-electron chi connectivity index (χ4n) is 1.54. The van der Waals surface area contributed by atoms with Gasteiger partial charge in [0, 0.05) is 6.54 Å². The average Bonchev–Trinajstić information content (AvgIpc) is 2.74. The van der Waals surface area contributed by atoms with Crippen molar-refractivity contribution in [1.29, 1.82) is 0 Å². The van der Waals surface area contributed by atoms with E-state index in [-0.39, 0.29) is 0 Å². The van der Waals surface area contributed by atoms with Crippen molar-refractivity contribution in [3.05, 3.63) is 24.3 Å². The van der Waals surface area contributed by atoms with E-state index in [1.165, 1.54) is 0 Å². The van der Waals surface area contributed by atoms with Gasteiger partial charge in [0.1, 0.15) is 12.4 Å². The van der Waals surface area contributed by atoms with Gasteiger partial charge in [-0.15, -0.1) is 0 Å². The number of rotatable bonds is 4. The minimum atomic E-state index is 0.605. The summed E-state index contributed by atoms with van der Waals surface area (Å²) in [6.07, 6.45) is 1.10. The highest BCUT2D eigenvalue weighted by Gasteiger charge is 2.11. The van der Waals surface area contributed by atoms with Crippen LogP contribution in [0.25, 0.3) is 0 Å². The lowest BCUT2D eigenvalue weighted by Gasteiger charge is -2.14. The van der Waals surface area contributed by atoms with Crippen LogP contribution in [0.3, 0.4) is 0 Å². The van der Waals surface area contributed by atoms with Crippen molar-refractivity contribution in [3.8, 4) is 5.75 Å². The number of hydrogen-bond donors (Lipinski definition) is 1. The van der Waals surface area contributed by atoms with Crippen LogP contribution in [0.5, 0.6) is 5.75 Å². The predicted molar refractivity (Wildman–Crippen MR) is 58.5 cm³/mol.